The Kier molecular flexibility index (Phi) is 4.21. The first-order chi connectivity index (χ1) is 10.5. The predicted molar refractivity (Wildman–Crippen MR) is 80.9 cm³/mol. The molecule has 1 heterocycles. The standard InChI is InChI=1S/C14H10ClN5O2/c1-22-11-4-7(3-10(15)13(11)21)2-8(5-16)12-9(6-17)14(18)20-19-12/h2-4,21H,1H3,(H3,18,19,20)/b8-2+. The van der Waals surface area contributed by atoms with E-state index in [0.29, 0.717) is 5.56 Å². The molecule has 1 aromatic carbocycles. The van der Waals surface area contributed by atoms with Gasteiger partial charge in [0.2, 0.25) is 0 Å². The monoisotopic (exact) mass is 315 g/mol. The van der Waals surface area contributed by atoms with E-state index < -0.39 is 0 Å². The second kappa shape index (κ2) is 6.08. The molecule has 0 atom stereocenters. The first-order valence-corrected chi connectivity index (χ1v) is 6.32. The molecule has 22 heavy (non-hydrogen) atoms. The number of methoxy groups -OCH3 is 1. The second-order valence-electron chi connectivity index (χ2n) is 4.19. The van der Waals surface area contributed by atoms with Crippen LogP contribution in [0.5, 0.6) is 11.5 Å². The van der Waals surface area contributed by atoms with Crippen molar-refractivity contribution >= 4 is 29.1 Å². The number of benzene rings is 1. The van der Waals surface area contributed by atoms with Crippen LogP contribution in [0.1, 0.15) is 16.8 Å². The van der Waals surface area contributed by atoms with Crippen LogP contribution in [0.4, 0.5) is 5.82 Å². The number of hydrogen-bond donors (Lipinski definition) is 3. The second-order valence-corrected chi connectivity index (χ2v) is 4.60. The summed E-state index contributed by atoms with van der Waals surface area (Å²) in [7, 11) is 1.38. The van der Waals surface area contributed by atoms with E-state index in [-0.39, 0.29) is 39.2 Å². The van der Waals surface area contributed by atoms with Crippen molar-refractivity contribution in [1.82, 2.24) is 10.2 Å². The molecule has 0 spiro atoms. The van der Waals surface area contributed by atoms with Crippen LogP contribution >= 0.6 is 11.6 Å². The third-order valence-corrected chi connectivity index (χ3v) is 3.17. The van der Waals surface area contributed by atoms with Crippen molar-refractivity contribution in [1.29, 1.82) is 10.5 Å². The highest BCUT2D eigenvalue weighted by atomic mass is 35.5. The van der Waals surface area contributed by atoms with Gasteiger partial charge in [-0.3, -0.25) is 5.10 Å². The molecular formula is C14H10ClN5O2. The molecule has 0 aliphatic rings. The minimum Gasteiger partial charge on any atom is -0.503 e. The Morgan fingerprint density at radius 1 is 1.50 bits per heavy atom. The lowest BCUT2D eigenvalue weighted by Crippen LogP contribution is -1.90. The van der Waals surface area contributed by atoms with Crippen molar-refractivity contribution in [2.24, 2.45) is 0 Å². The number of phenolic OH excluding ortho intramolecular Hbond substituents is 1. The van der Waals surface area contributed by atoms with Gasteiger partial charge < -0.3 is 15.6 Å². The van der Waals surface area contributed by atoms with Gasteiger partial charge in [0.1, 0.15) is 17.7 Å². The SMILES string of the molecule is COc1cc(/C=C(\C#N)c2[nH]nc(N)c2C#N)cc(Cl)c1O. The summed E-state index contributed by atoms with van der Waals surface area (Å²) >= 11 is 5.90. The Hall–Kier alpha value is -3.16. The molecular weight excluding hydrogens is 306 g/mol. The molecule has 1 aromatic heterocycles. The summed E-state index contributed by atoms with van der Waals surface area (Å²) in [4.78, 5) is 0. The molecule has 0 fully saturated rings. The predicted octanol–water partition coefficient (Wildman–Crippen LogP) is 2.30. The van der Waals surface area contributed by atoms with E-state index in [1.54, 1.807) is 0 Å². The van der Waals surface area contributed by atoms with Crippen molar-refractivity contribution in [2.45, 2.75) is 0 Å². The number of halogens is 1. The Morgan fingerprint density at radius 2 is 2.23 bits per heavy atom. The largest absolute Gasteiger partial charge is 0.503 e. The van der Waals surface area contributed by atoms with E-state index in [2.05, 4.69) is 10.2 Å². The molecule has 0 saturated carbocycles. The van der Waals surface area contributed by atoms with Gasteiger partial charge in [-0.15, -0.1) is 0 Å². The number of nitrogen functional groups attached to an aromatic ring is 1. The van der Waals surface area contributed by atoms with Crippen LogP contribution in [-0.4, -0.2) is 22.4 Å². The van der Waals surface area contributed by atoms with Crippen LogP contribution in [-0.2, 0) is 0 Å². The number of aromatic hydroxyl groups is 1. The van der Waals surface area contributed by atoms with Crippen LogP contribution < -0.4 is 10.5 Å². The summed E-state index contributed by atoms with van der Waals surface area (Å²) in [6.07, 6.45) is 1.47. The van der Waals surface area contributed by atoms with Crippen molar-refractivity contribution in [3.63, 3.8) is 0 Å². The fourth-order valence-corrected chi connectivity index (χ4v) is 2.04. The van der Waals surface area contributed by atoms with Gasteiger partial charge in [0.15, 0.2) is 17.3 Å². The highest BCUT2D eigenvalue weighted by Crippen LogP contribution is 2.36. The van der Waals surface area contributed by atoms with E-state index >= 15 is 0 Å². The molecule has 7 nitrogen and oxygen atoms in total. The number of nitrogens with zero attached hydrogens (tertiary/aromatic N) is 3. The van der Waals surface area contributed by atoms with Gasteiger partial charge in [-0.25, -0.2) is 0 Å². The number of allylic oxidation sites excluding steroid dienone is 1. The molecule has 8 heteroatoms. The van der Waals surface area contributed by atoms with E-state index in [9.17, 15) is 10.4 Å². The maximum absolute atomic E-state index is 9.70. The minimum absolute atomic E-state index is 0.0139. The lowest BCUT2D eigenvalue weighted by Gasteiger charge is -2.06. The number of aromatic amines is 1. The molecule has 2 aromatic rings. The average molecular weight is 316 g/mol. The van der Waals surface area contributed by atoms with E-state index in [1.165, 1.54) is 25.3 Å². The van der Waals surface area contributed by atoms with Gasteiger partial charge in [0, 0.05) is 0 Å². The maximum Gasteiger partial charge on any atom is 0.176 e. The molecule has 0 aliphatic heterocycles. The number of nitrogens with one attached hydrogen (secondary N) is 1. The van der Waals surface area contributed by atoms with Crippen LogP contribution in [0.2, 0.25) is 5.02 Å². The first-order valence-electron chi connectivity index (χ1n) is 5.94. The summed E-state index contributed by atoms with van der Waals surface area (Å²) in [5.74, 6) is -0.0102. The molecule has 110 valence electrons. The van der Waals surface area contributed by atoms with E-state index in [4.69, 9.17) is 27.3 Å². The summed E-state index contributed by atoms with van der Waals surface area (Å²) in [6.45, 7) is 0. The summed E-state index contributed by atoms with van der Waals surface area (Å²) < 4.78 is 5.00. The molecule has 0 bridgehead atoms. The third kappa shape index (κ3) is 2.66. The van der Waals surface area contributed by atoms with Crippen LogP contribution in [0.25, 0.3) is 11.6 Å². The zero-order valence-electron chi connectivity index (χ0n) is 11.4. The fraction of sp³-hybridized carbons (Fsp3) is 0.0714. The van der Waals surface area contributed by atoms with Crippen LogP contribution in [0.3, 0.4) is 0 Å². The van der Waals surface area contributed by atoms with Gasteiger partial charge in [0.05, 0.1) is 23.4 Å². The Balaban J connectivity index is 2.58. The van der Waals surface area contributed by atoms with E-state index in [0.717, 1.165) is 0 Å². The number of hydrogen-bond acceptors (Lipinski definition) is 6. The summed E-state index contributed by atoms with van der Waals surface area (Å²) in [5, 5.41) is 34.4. The first kappa shape index (κ1) is 15.2. The summed E-state index contributed by atoms with van der Waals surface area (Å²) in [5.41, 5.74) is 6.50. The molecule has 0 aliphatic carbocycles. The molecule has 0 unspecified atom stereocenters. The lowest BCUT2D eigenvalue weighted by atomic mass is 10.1. The Morgan fingerprint density at radius 3 is 2.82 bits per heavy atom. The fourth-order valence-electron chi connectivity index (χ4n) is 1.82. The highest BCUT2D eigenvalue weighted by Gasteiger charge is 2.15. The number of anilines is 1. The summed E-state index contributed by atoms with van der Waals surface area (Å²) in [6, 6.07) is 6.81. The van der Waals surface area contributed by atoms with Crippen LogP contribution in [0, 0.1) is 22.7 Å². The Labute approximate surface area is 130 Å². The number of nitrogens with two attached hydrogens (primary N) is 1. The number of nitriles is 2. The van der Waals surface area contributed by atoms with Crippen LogP contribution in [0.15, 0.2) is 12.1 Å². The Bertz CT molecular complexity index is 842. The van der Waals surface area contributed by atoms with E-state index in [1.807, 2.05) is 12.1 Å². The molecule has 2 rings (SSSR count). The maximum atomic E-state index is 9.70. The number of H-pyrrole nitrogens is 1. The molecule has 0 saturated heterocycles. The van der Waals surface area contributed by atoms with Gasteiger partial charge in [-0.05, 0) is 23.8 Å². The number of aromatic nitrogens is 2. The number of phenols is 1. The van der Waals surface area contributed by atoms with Crippen molar-refractivity contribution < 1.29 is 9.84 Å². The van der Waals surface area contributed by atoms with Gasteiger partial charge in [-0.1, -0.05) is 11.6 Å². The minimum atomic E-state index is -0.191. The van der Waals surface area contributed by atoms with Gasteiger partial charge in [-0.2, -0.15) is 15.6 Å². The normalized spacial score (nSPS) is 10.8. The molecule has 0 amide bonds. The van der Waals surface area contributed by atoms with Gasteiger partial charge >= 0.3 is 0 Å². The van der Waals surface area contributed by atoms with Crippen molar-refractivity contribution in [2.75, 3.05) is 12.8 Å². The lowest BCUT2D eigenvalue weighted by molar-refractivity contribution is 0.373. The topological polar surface area (TPSA) is 132 Å². The number of ether oxygens (including phenoxy) is 1. The quantitative estimate of drug-likeness (QED) is 0.744. The van der Waals surface area contributed by atoms with Crippen molar-refractivity contribution in [3.8, 4) is 23.6 Å². The average Bonchev–Trinajstić information content (AvgIpc) is 2.88. The smallest absolute Gasteiger partial charge is 0.176 e. The molecule has 4 N–H and O–H groups in total. The zero-order chi connectivity index (χ0) is 16.3. The zero-order valence-corrected chi connectivity index (χ0v) is 12.1. The molecule has 0 radical (unpaired) electrons. The van der Waals surface area contributed by atoms with Crippen molar-refractivity contribution in [3.05, 3.63) is 34.0 Å². The number of rotatable bonds is 3. The highest BCUT2D eigenvalue weighted by molar-refractivity contribution is 6.32. The third-order valence-electron chi connectivity index (χ3n) is 2.88. The van der Waals surface area contributed by atoms with Gasteiger partial charge in [0.25, 0.3) is 0 Å².